The molecule has 0 aromatic heterocycles. The molecule has 0 spiro atoms. The van der Waals surface area contributed by atoms with E-state index in [-0.39, 0.29) is 30.7 Å². The number of nitrogens with one attached hydrogen (secondary N) is 2. The summed E-state index contributed by atoms with van der Waals surface area (Å²) in [7, 11) is 0. The number of morpholine rings is 1. The van der Waals surface area contributed by atoms with Crippen LogP contribution >= 0.6 is 0 Å². The number of nitrogens with zero attached hydrogens (tertiary/aromatic N) is 1. The fourth-order valence-electron chi connectivity index (χ4n) is 2.14. The van der Waals surface area contributed by atoms with Crippen molar-refractivity contribution in [3.05, 3.63) is 0 Å². The van der Waals surface area contributed by atoms with E-state index in [1.807, 2.05) is 32.6 Å². The molecule has 0 aromatic rings. The van der Waals surface area contributed by atoms with Gasteiger partial charge in [0.1, 0.15) is 0 Å². The second kappa shape index (κ2) is 7.45. The van der Waals surface area contributed by atoms with Crippen molar-refractivity contribution in [3.8, 4) is 0 Å². The fraction of sp³-hybridized carbons (Fsp3) is 0.846. The van der Waals surface area contributed by atoms with Crippen LogP contribution in [-0.2, 0) is 9.53 Å². The van der Waals surface area contributed by atoms with Crippen LogP contribution in [0.1, 0.15) is 34.1 Å². The predicted molar refractivity (Wildman–Crippen MR) is 72.9 cm³/mol. The highest BCUT2D eigenvalue weighted by molar-refractivity contribution is 5.95. The number of hydrogen-bond acceptors (Lipinski definition) is 4. The maximum Gasteiger partial charge on any atom is 0.321 e. The van der Waals surface area contributed by atoms with Gasteiger partial charge in [0.25, 0.3) is 0 Å². The first kappa shape index (κ1) is 15.9. The van der Waals surface area contributed by atoms with Gasteiger partial charge in [0.05, 0.1) is 18.8 Å². The Hall–Kier alpha value is -1.14. The Balaban J connectivity index is 2.32. The van der Waals surface area contributed by atoms with Crippen molar-refractivity contribution in [3.63, 3.8) is 0 Å². The number of carbonyl (C=O) groups is 2. The highest BCUT2D eigenvalue weighted by atomic mass is 16.5. The third-order valence-corrected chi connectivity index (χ3v) is 3.11. The molecule has 6 heteroatoms. The summed E-state index contributed by atoms with van der Waals surface area (Å²) in [4.78, 5) is 25.3. The van der Waals surface area contributed by atoms with E-state index in [0.29, 0.717) is 13.1 Å². The van der Waals surface area contributed by atoms with Crippen molar-refractivity contribution >= 4 is 11.9 Å². The number of carbonyl (C=O) groups excluding carboxylic acids is 2. The van der Waals surface area contributed by atoms with E-state index in [4.69, 9.17) is 4.74 Å². The van der Waals surface area contributed by atoms with Gasteiger partial charge in [-0.3, -0.25) is 15.0 Å². The lowest BCUT2D eigenvalue weighted by Crippen LogP contribution is -2.51. The molecule has 1 fully saturated rings. The molecular weight excluding hydrogens is 246 g/mol. The normalized spacial score (nSPS) is 25.7. The zero-order valence-corrected chi connectivity index (χ0v) is 12.2. The summed E-state index contributed by atoms with van der Waals surface area (Å²) in [5.41, 5.74) is 0. The van der Waals surface area contributed by atoms with Gasteiger partial charge in [-0.1, -0.05) is 6.92 Å². The summed E-state index contributed by atoms with van der Waals surface area (Å²) < 4.78 is 5.59. The van der Waals surface area contributed by atoms with Crippen molar-refractivity contribution < 1.29 is 14.3 Å². The highest BCUT2D eigenvalue weighted by Crippen LogP contribution is 2.09. The number of urea groups is 1. The quantitative estimate of drug-likeness (QED) is 0.790. The molecule has 1 saturated heterocycles. The van der Waals surface area contributed by atoms with Gasteiger partial charge in [0.15, 0.2) is 0 Å². The minimum atomic E-state index is -0.422. The summed E-state index contributed by atoms with van der Waals surface area (Å²) in [6.07, 6.45) is 1.07. The van der Waals surface area contributed by atoms with Crippen LogP contribution < -0.4 is 10.6 Å². The minimum absolute atomic E-state index is 0.0660. The topological polar surface area (TPSA) is 70.7 Å². The molecule has 2 N–H and O–H groups in total. The first-order valence-corrected chi connectivity index (χ1v) is 6.88. The number of hydrogen-bond donors (Lipinski definition) is 2. The smallest absolute Gasteiger partial charge is 0.321 e. The van der Waals surface area contributed by atoms with Gasteiger partial charge in [-0.05, 0) is 27.2 Å². The Bertz CT molecular complexity index is 312. The van der Waals surface area contributed by atoms with Crippen LogP contribution in [0.15, 0.2) is 0 Å². The lowest BCUT2D eigenvalue weighted by molar-refractivity contribution is -0.124. The lowest BCUT2D eigenvalue weighted by Gasteiger charge is -2.34. The zero-order valence-electron chi connectivity index (χ0n) is 12.2. The monoisotopic (exact) mass is 271 g/mol. The molecule has 0 aromatic carbocycles. The van der Waals surface area contributed by atoms with E-state index in [9.17, 15) is 9.59 Å². The maximum atomic E-state index is 11.8. The average Bonchev–Trinajstić information content (AvgIpc) is 2.26. The molecule has 19 heavy (non-hydrogen) atoms. The van der Waals surface area contributed by atoms with Gasteiger partial charge in [0.2, 0.25) is 5.91 Å². The third kappa shape index (κ3) is 6.02. The first-order chi connectivity index (χ1) is 8.90. The van der Waals surface area contributed by atoms with Crippen LogP contribution in [0.5, 0.6) is 0 Å². The van der Waals surface area contributed by atoms with E-state index in [2.05, 4.69) is 10.6 Å². The molecule has 0 bridgehead atoms. The molecular formula is C13H25N3O3. The number of amides is 3. The zero-order chi connectivity index (χ0) is 14.4. The standard InChI is InChI=1S/C13H25N3O3/c1-5-9(2)14-13(18)15-12(17)8-16-6-10(3)19-11(4)7-16/h9-11H,5-8H2,1-4H3,(H2,14,15,17,18)/t9-,10-,11-/m1/s1. The Morgan fingerprint density at radius 2 is 1.89 bits per heavy atom. The molecule has 0 unspecified atom stereocenters. The second-order valence-corrected chi connectivity index (χ2v) is 5.28. The average molecular weight is 271 g/mol. The molecule has 1 aliphatic rings. The van der Waals surface area contributed by atoms with E-state index < -0.39 is 6.03 Å². The number of ether oxygens (including phenoxy) is 1. The van der Waals surface area contributed by atoms with Crippen molar-refractivity contribution in [2.24, 2.45) is 0 Å². The van der Waals surface area contributed by atoms with Crippen LogP contribution in [0.3, 0.4) is 0 Å². The highest BCUT2D eigenvalue weighted by Gasteiger charge is 2.24. The van der Waals surface area contributed by atoms with E-state index >= 15 is 0 Å². The van der Waals surface area contributed by atoms with Crippen LogP contribution in [0.2, 0.25) is 0 Å². The van der Waals surface area contributed by atoms with Crippen molar-refractivity contribution in [1.82, 2.24) is 15.5 Å². The SMILES string of the molecule is CC[C@@H](C)NC(=O)NC(=O)CN1C[C@@H](C)O[C@H](C)C1. The maximum absolute atomic E-state index is 11.8. The van der Waals surface area contributed by atoms with Crippen LogP contribution in [-0.4, -0.2) is 54.7 Å². The van der Waals surface area contributed by atoms with Gasteiger partial charge in [-0.2, -0.15) is 0 Å². The van der Waals surface area contributed by atoms with Gasteiger partial charge < -0.3 is 10.1 Å². The molecule has 3 amide bonds. The van der Waals surface area contributed by atoms with Crippen molar-refractivity contribution in [2.45, 2.75) is 52.4 Å². The van der Waals surface area contributed by atoms with Gasteiger partial charge in [0, 0.05) is 19.1 Å². The third-order valence-electron chi connectivity index (χ3n) is 3.11. The van der Waals surface area contributed by atoms with E-state index in [1.165, 1.54) is 0 Å². The molecule has 1 aliphatic heterocycles. The molecule has 6 nitrogen and oxygen atoms in total. The lowest BCUT2D eigenvalue weighted by atomic mass is 10.2. The molecule has 1 rings (SSSR count). The molecule has 110 valence electrons. The fourth-order valence-corrected chi connectivity index (χ4v) is 2.14. The van der Waals surface area contributed by atoms with Gasteiger partial charge in [-0.25, -0.2) is 4.79 Å². The molecule has 0 saturated carbocycles. The van der Waals surface area contributed by atoms with Crippen LogP contribution in [0.4, 0.5) is 4.79 Å². The Morgan fingerprint density at radius 3 is 2.42 bits per heavy atom. The summed E-state index contributed by atoms with van der Waals surface area (Å²) in [5.74, 6) is -0.276. The molecule has 1 heterocycles. The van der Waals surface area contributed by atoms with Crippen molar-refractivity contribution in [2.75, 3.05) is 19.6 Å². The Morgan fingerprint density at radius 1 is 1.32 bits per heavy atom. The largest absolute Gasteiger partial charge is 0.373 e. The molecule has 0 aliphatic carbocycles. The van der Waals surface area contributed by atoms with Gasteiger partial charge >= 0.3 is 6.03 Å². The summed E-state index contributed by atoms with van der Waals surface area (Å²) in [6, 6.07) is -0.357. The summed E-state index contributed by atoms with van der Waals surface area (Å²) in [5, 5.41) is 5.05. The summed E-state index contributed by atoms with van der Waals surface area (Å²) >= 11 is 0. The Labute approximate surface area is 114 Å². The first-order valence-electron chi connectivity index (χ1n) is 6.88. The summed E-state index contributed by atoms with van der Waals surface area (Å²) in [6.45, 7) is 9.49. The molecule has 0 radical (unpaired) electrons. The van der Waals surface area contributed by atoms with E-state index in [1.54, 1.807) is 0 Å². The predicted octanol–water partition coefficient (Wildman–Crippen LogP) is 0.720. The Kier molecular flexibility index (Phi) is 6.24. The second-order valence-electron chi connectivity index (χ2n) is 5.28. The van der Waals surface area contributed by atoms with Crippen molar-refractivity contribution in [1.29, 1.82) is 0 Å². The molecule has 3 atom stereocenters. The number of rotatable bonds is 4. The minimum Gasteiger partial charge on any atom is -0.373 e. The van der Waals surface area contributed by atoms with Gasteiger partial charge in [-0.15, -0.1) is 0 Å². The van der Waals surface area contributed by atoms with Crippen LogP contribution in [0.25, 0.3) is 0 Å². The van der Waals surface area contributed by atoms with Crippen LogP contribution in [0, 0.1) is 0 Å². The van der Waals surface area contributed by atoms with E-state index in [0.717, 1.165) is 6.42 Å². The number of imide groups is 1.